The zero-order chi connectivity index (χ0) is 13.2. The quantitative estimate of drug-likeness (QED) is 0.815. The first-order chi connectivity index (χ1) is 9.29. The van der Waals surface area contributed by atoms with Gasteiger partial charge in [-0.05, 0) is 50.3 Å². The fourth-order valence-corrected chi connectivity index (χ4v) is 2.89. The molecule has 2 nitrogen and oxygen atoms in total. The fourth-order valence-electron chi connectivity index (χ4n) is 2.65. The van der Waals surface area contributed by atoms with Crippen LogP contribution in [0, 0.1) is 5.92 Å². The van der Waals surface area contributed by atoms with Crippen molar-refractivity contribution in [3.05, 3.63) is 28.8 Å². The van der Waals surface area contributed by atoms with Gasteiger partial charge in [-0.2, -0.15) is 0 Å². The Morgan fingerprint density at radius 2 is 2.05 bits per heavy atom. The Bertz CT molecular complexity index is 438. The summed E-state index contributed by atoms with van der Waals surface area (Å²) in [4.78, 5) is 2.62. The zero-order valence-corrected chi connectivity index (χ0v) is 12.4. The van der Waals surface area contributed by atoms with E-state index in [0.29, 0.717) is 0 Å². The summed E-state index contributed by atoms with van der Waals surface area (Å²) >= 11 is 6.42. The second-order valence-corrected chi connectivity index (χ2v) is 6.25. The van der Waals surface area contributed by atoms with E-state index in [9.17, 15) is 0 Å². The summed E-state index contributed by atoms with van der Waals surface area (Å²) in [5.41, 5.74) is 2.64. The highest BCUT2D eigenvalue weighted by Crippen LogP contribution is 2.40. The van der Waals surface area contributed by atoms with E-state index < -0.39 is 0 Å². The molecule has 0 spiro atoms. The molecule has 0 heterocycles. The van der Waals surface area contributed by atoms with Gasteiger partial charge in [-0.3, -0.25) is 0 Å². The molecule has 2 fully saturated rings. The Kier molecular flexibility index (Phi) is 3.99. The van der Waals surface area contributed by atoms with E-state index in [-0.39, 0.29) is 0 Å². The maximum atomic E-state index is 6.42. The number of hydrogen-bond acceptors (Lipinski definition) is 2. The molecule has 0 amide bonds. The van der Waals surface area contributed by atoms with Gasteiger partial charge in [0.05, 0.1) is 0 Å². The van der Waals surface area contributed by atoms with E-state index in [1.54, 1.807) is 0 Å². The van der Waals surface area contributed by atoms with Crippen molar-refractivity contribution in [2.45, 2.75) is 45.2 Å². The number of benzene rings is 1. The summed E-state index contributed by atoms with van der Waals surface area (Å²) in [7, 11) is 0. The summed E-state index contributed by atoms with van der Waals surface area (Å²) < 4.78 is 0. The molecule has 2 aliphatic carbocycles. The molecule has 0 radical (unpaired) electrons. The van der Waals surface area contributed by atoms with Crippen LogP contribution in [0.2, 0.25) is 5.02 Å². The Morgan fingerprint density at radius 1 is 1.26 bits per heavy atom. The normalized spacial score (nSPS) is 18.6. The lowest BCUT2D eigenvalue weighted by molar-refractivity contribution is 0.694. The first-order valence-electron chi connectivity index (χ1n) is 7.54. The van der Waals surface area contributed by atoms with Crippen LogP contribution in [0.1, 0.15) is 38.2 Å². The van der Waals surface area contributed by atoms with Crippen molar-refractivity contribution in [3.63, 3.8) is 0 Å². The predicted octanol–water partition coefficient (Wildman–Crippen LogP) is 3.83. The molecule has 3 heteroatoms. The van der Waals surface area contributed by atoms with Crippen LogP contribution in [0.3, 0.4) is 0 Å². The number of hydrogen-bond donors (Lipinski definition) is 1. The van der Waals surface area contributed by atoms with Gasteiger partial charge in [0.2, 0.25) is 0 Å². The number of anilines is 1. The summed E-state index contributed by atoms with van der Waals surface area (Å²) in [6.07, 6.45) is 5.51. The van der Waals surface area contributed by atoms with Gasteiger partial charge < -0.3 is 10.2 Å². The lowest BCUT2D eigenvalue weighted by Crippen LogP contribution is -2.30. The van der Waals surface area contributed by atoms with E-state index in [0.717, 1.165) is 30.1 Å². The maximum Gasteiger partial charge on any atom is 0.0471 e. The van der Waals surface area contributed by atoms with Crippen molar-refractivity contribution in [2.24, 2.45) is 5.92 Å². The van der Waals surface area contributed by atoms with Crippen LogP contribution in [0.15, 0.2) is 18.2 Å². The number of nitrogens with one attached hydrogen (secondary N) is 1. The molecule has 19 heavy (non-hydrogen) atoms. The van der Waals surface area contributed by atoms with E-state index in [1.165, 1.54) is 43.5 Å². The first kappa shape index (κ1) is 13.3. The lowest BCUT2D eigenvalue weighted by atomic mass is 10.1. The summed E-state index contributed by atoms with van der Waals surface area (Å²) in [5, 5.41) is 4.32. The Morgan fingerprint density at radius 3 is 2.68 bits per heavy atom. The zero-order valence-electron chi connectivity index (χ0n) is 11.7. The third-order valence-electron chi connectivity index (χ3n) is 4.09. The molecular weight excluding hydrogens is 256 g/mol. The molecule has 2 aliphatic rings. The van der Waals surface area contributed by atoms with Crippen molar-refractivity contribution in [1.29, 1.82) is 0 Å². The molecule has 104 valence electrons. The van der Waals surface area contributed by atoms with Crippen LogP contribution in [-0.2, 0) is 6.54 Å². The standard InChI is InChI=1S/C16H23ClN2/c1-2-18-10-14-15(17)4-3-5-16(14)19(13-8-9-13)11-12-6-7-12/h3-5,12-13,18H,2,6-11H2,1H3. The van der Waals surface area contributed by atoms with Gasteiger partial charge in [0.1, 0.15) is 0 Å². The van der Waals surface area contributed by atoms with E-state index in [4.69, 9.17) is 11.6 Å². The summed E-state index contributed by atoms with van der Waals surface area (Å²) in [5.74, 6) is 0.923. The molecule has 0 atom stereocenters. The molecule has 1 aromatic rings. The number of rotatable bonds is 7. The second kappa shape index (κ2) is 5.72. The van der Waals surface area contributed by atoms with Gasteiger partial charge in [0.15, 0.2) is 0 Å². The smallest absolute Gasteiger partial charge is 0.0471 e. The minimum absolute atomic E-state index is 0.763. The molecule has 0 aliphatic heterocycles. The third-order valence-corrected chi connectivity index (χ3v) is 4.45. The fraction of sp³-hybridized carbons (Fsp3) is 0.625. The molecule has 2 saturated carbocycles. The lowest BCUT2D eigenvalue weighted by Gasteiger charge is -2.28. The van der Waals surface area contributed by atoms with Crippen molar-refractivity contribution >= 4 is 17.3 Å². The largest absolute Gasteiger partial charge is 0.368 e. The highest BCUT2D eigenvalue weighted by atomic mass is 35.5. The van der Waals surface area contributed by atoms with Gasteiger partial charge in [0, 0.05) is 35.4 Å². The summed E-state index contributed by atoms with van der Waals surface area (Å²) in [6.45, 7) is 5.22. The van der Waals surface area contributed by atoms with E-state index >= 15 is 0 Å². The Hall–Kier alpha value is -0.730. The third kappa shape index (κ3) is 3.24. The van der Waals surface area contributed by atoms with Crippen LogP contribution < -0.4 is 10.2 Å². The maximum absolute atomic E-state index is 6.42. The topological polar surface area (TPSA) is 15.3 Å². The molecule has 0 bridgehead atoms. The molecule has 0 aromatic heterocycles. The minimum atomic E-state index is 0.763. The molecule has 3 rings (SSSR count). The molecule has 0 unspecified atom stereocenters. The number of nitrogens with zero attached hydrogens (tertiary/aromatic N) is 1. The van der Waals surface area contributed by atoms with Gasteiger partial charge in [-0.15, -0.1) is 0 Å². The molecular formula is C16H23ClN2. The van der Waals surface area contributed by atoms with Crippen molar-refractivity contribution in [3.8, 4) is 0 Å². The van der Waals surface area contributed by atoms with Gasteiger partial charge in [-0.1, -0.05) is 24.6 Å². The molecule has 1 N–H and O–H groups in total. The highest BCUT2D eigenvalue weighted by Gasteiger charge is 2.34. The van der Waals surface area contributed by atoms with Crippen molar-refractivity contribution in [1.82, 2.24) is 5.32 Å². The van der Waals surface area contributed by atoms with Crippen LogP contribution >= 0.6 is 11.6 Å². The van der Waals surface area contributed by atoms with E-state index in [1.807, 2.05) is 6.07 Å². The van der Waals surface area contributed by atoms with Crippen LogP contribution in [-0.4, -0.2) is 19.1 Å². The van der Waals surface area contributed by atoms with Gasteiger partial charge >= 0.3 is 0 Å². The monoisotopic (exact) mass is 278 g/mol. The summed E-state index contributed by atoms with van der Waals surface area (Å²) in [6, 6.07) is 7.12. The van der Waals surface area contributed by atoms with Crippen LogP contribution in [0.4, 0.5) is 5.69 Å². The first-order valence-corrected chi connectivity index (χ1v) is 7.92. The average Bonchev–Trinajstić information content (AvgIpc) is 3.27. The van der Waals surface area contributed by atoms with Crippen molar-refractivity contribution < 1.29 is 0 Å². The average molecular weight is 279 g/mol. The second-order valence-electron chi connectivity index (χ2n) is 5.84. The van der Waals surface area contributed by atoms with Gasteiger partial charge in [0.25, 0.3) is 0 Å². The minimum Gasteiger partial charge on any atom is -0.368 e. The van der Waals surface area contributed by atoms with Crippen LogP contribution in [0.5, 0.6) is 0 Å². The van der Waals surface area contributed by atoms with Crippen molar-refractivity contribution in [2.75, 3.05) is 18.0 Å². The van der Waals surface area contributed by atoms with E-state index in [2.05, 4.69) is 29.3 Å². The SMILES string of the molecule is CCNCc1c(Cl)cccc1N(CC1CC1)C1CC1. The number of halogens is 1. The Balaban J connectivity index is 1.85. The Labute approximate surface area is 121 Å². The van der Waals surface area contributed by atoms with Gasteiger partial charge in [-0.25, -0.2) is 0 Å². The molecule has 0 saturated heterocycles. The van der Waals surface area contributed by atoms with Crippen LogP contribution in [0.25, 0.3) is 0 Å². The molecule has 1 aromatic carbocycles. The predicted molar refractivity (Wildman–Crippen MR) is 81.9 cm³/mol. The highest BCUT2D eigenvalue weighted by molar-refractivity contribution is 6.31.